The summed E-state index contributed by atoms with van der Waals surface area (Å²) in [4.78, 5) is 41.0. The predicted octanol–water partition coefficient (Wildman–Crippen LogP) is 0.569. The van der Waals surface area contributed by atoms with E-state index >= 15 is 0 Å². The molecule has 1 aromatic rings. The number of hydrogen-bond acceptors (Lipinski definition) is 5. The van der Waals surface area contributed by atoms with Crippen LogP contribution in [0.3, 0.4) is 0 Å². The van der Waals surface area contributed by atoms with Gasteiger partial charge in [0.25, 0.3) is 0 Å². The van der Waals surface area contributed by atoms with E-state index in [0.29, 0.717) is 19.5 Å². The Bertz CT molecular complexity index is 853. The second kappa shape index (κ2) is 8.88. The summed E-state index contributed by atoms with van der Waals surface area (Å²) in [5.41, 5.74) is -0.144. The number of hydrogen-bond donors (Lipinski definition) is 3. The lowest BCUT2D eigenvalue weighted by molar-refractivity contribution is -0.142. The highest BCUT2D eigenvalue weighted by Gasteiger charge is 2.76. The van der Waals surface area contributed by atoms with Crippen molar-refractivity contribution in [1.82, 2.24) is 15.5 Å². The minimum atomic E-state index is -1.08. The van der Waals surface area contributed by atoms with Crippen LogP contribution in [-0.2, 0) is 25.7 Å². The maximum Gasteiger partial charge on any atom is 0.246 e. The van der Waals surface area contributed by atoms with E-state index in [4.69, 9.17) is 4.74 Å². The molecule has 8 nitrogen and oxygen atoms in total. The molecule has 4 rings (SSSR count). The quantitative estimate of drug-likeness (QED) is 0.458. The fourth-order valence-corrected chi connectivity index (χ4v) is 6.27. The van der Waals surface area contributed by atoms with E-state index in [0.717, 1.165) is 12.0 Å². The van der Waals surface area contributed by atoms with Crippen LogP contribution in [0, 0.1) is 11.8 Å². The third kappa shape index (κ3) is 3.66. The Balaban J connectivity index is 1.62. The molecule has 6 atom stereocenters. The smallest absolute Gasteiger partial charge is 0.246 e. The maximum atomic E-state index is 13.4. The van der Waals surface area contributed by atoms with Gasteiger partial charge in [0, 0.05) is 24.5 Å². The SMILES string of the molecule is CCCNC(=O)[C@H]1[C@H]2C(=O)N(CCO)C(C(=O)NCc3ccccc3)C23CC(Br)[C@@H]1O3. The van der Waals surface area contributed by atoms with Crippen LogP contribution >= 0.6 is 15.9 Å². The van der Waals surface area contributed by atoms with E-state index in [1.165, 1.54) is 4.90 Å². The number of benzene rings is 1. The monoisotopic (exact) mass is 493 g/mol. The van der Waals surface area contributed by atoms with Gasteiger partial charge >= 0.3 is 0 Å². The Morgan fingerprint density at radius 1 is 1.26 bits per heavy atom. The van der Waals surface area contributed by atoms with Crippen molar-refractivity contribution in [3.63, 3.8) is 0 Å². The minimum absolute atomic E-state index is 0.0186. The van der Waals surface area contributed by atoms with Gasteiger partial charge in [0.15, 0.2) is 0 Å². The number of carbonyl (C=O) groups excluding carboxylic acids is 3. The number of aliphatic hydroxyl groups excluding tert-OH is 1. The van der Waals surface area contributed by atoms with Crippen LogP contribution in [0.4, 0.5) is 0 Å². The number of aliphatic hydroxyl groups is 1. The molecule has 3 amide bonds. The van der Waals surface area contributed by atoms with Crippen molar-refractivity contribution < 1.29 is 24.2 Å². The first-order valence-electron chi connectivity index (χ1n) is 10.8. The number of fused-ring (bicyclic) bond motifs is 1. The number of halogens is 1. The lowest BCUT2D eigenvalue weighted by atomic mass is 9.70. The van der Waals surface area contributed by atoms with Crippen molar-refractivity contribution in [2.24, 2.45) is 11.8 Å². The van der Waals surface area contributed by atoms with Crippen molar-refractivity contribution in [3.8, 4) is 0 Å². The molecule has 1 spiro atoms. The van der Waals surface area contributed by atoms with E-state index in [1.54, 1.807) is 0 Å². The molecule has 3 unspecified atom stereocenters. The maximum absolute atomic E-state index is 13.4. The third-order valence-corrected chi connectivity index (χ3v) is 7.38. The molecule has 3 aliphatic rings. The first-order valence-corrected chi connectivity index (χ1v) is 11.7. The second-order valence-corrected chi connectivity index (χ2v) is 9.59. The van der Waals surface area contributed by atoms with Crippen molar-refractivity contribution in [1.29, 1.82) is 0 Å². The fraction of sp³-hybridized carbons (Fsp3) is 0.591. The summed E-state index contributed by atoms with van der Waals surface area (Å²) < 4.78 is 6.33. The Labute approximate surface area is 189 Å². The molecule has 3 saturated heterocycles. The van der Waals surface area contributed by atoms with Crippen LogP contribution in [0.15, 0.2) is 30.3 Å². The van der Waals surface area contributed by atoms with Gasteiger partial charge in [-0.3, -0.25) is 14.4 Å². The first kappa shape index (κ1) is 22.2. The molecule has 0 aliphatic carbocycles. The van der Waals surface area contributed by atoms with E-state index in [9.17, 15) is 19.5 Å². The van der Waals surface area contributed by atoms with Crippen LogP contribution in [0.25, 0.3) is 0 Å². The Kier molecular flexibility index (Phi) is 6.37. The number of likely N-dealkylation sites (tertiary alicyclic amines) is 1. The first-order chi connectivity index (χ1) is 14.9. The van der Waals surface area contributed by atoms with E-state index in [2.05, 4.69) is 26.6 Å². The summed E-state index contributed by atoms with van der Waals surface area (Å²) in [6.45, 7) is 2.54. The Morgan fingerprint density at radius 3 is 2.68 bits per heavy atom. The number of β-amino-alcohol motifs (C(OH)–C–C–N with tert-alkyl or cyclic N) is 1. The minimum Gasteiger partial charge on any atom is -0.395 e. The number of ether oxygens (including phenoxy) is 1. The molecule has 168 valence electrons. The van der Waals surface area contributed by atoms with Crippen molar-refractivity contribution >= 4 is 33.7 Å². The topological polar surface area (TPSA) is 108 Å². The number of rotatable bonds is 8. The molecule has 3 fully saturated rings. The molecular formula is C22H28BrN3O5. The van der Waals surface area contributed by atoms with Crippen molar-refractivity contribution in [2.45, 2.75) is 48.9 Å². The van der Waals surface area contributed by atoms with Gasteiger partial charge in [-0.25, -0.2) is 0 Å². The summed E-state index contributed by atoms with van der Waals surface area (Å²) in [6, 6.07) is 8.61. The number of nitrogens with one attached hydrogen (secondary N) is 2. The molecule has 3 N–H and O–H groups in total. The van der Waals surface area contributed by atoms with Gasteiger partial charge in [0.05, 0.1) is 24.5 Å². The molecule has 1 aromatic carbocycles. The molecule has 31 heavy (non-hydrogen) atoms. The molecule has 3 heterocycles. The summed E-state index contributed by atoms with van der Waals surface area (Å²) in [5.74, 6) is -2.24. The summed E-state index contributed by atoms with van der Waals surface area (Å²) in [6.07, 6.45) is 0.774. The highest BCUT2D eigenvalue weighted by atomic mass is 79.9. The average Bonchev–Trinajstić information content (AvgIpc) is 3.35. The summed E-state index contributed by atoms with van der Waals surface area (Å²) >= 11 is 3.62. The highest BCUT2D eigenvalue weighted by molar-refractivity contribution is 9.09. The number of carbonyl (C=O) groups is 3. The van der Waals surface area contributed by atoms with Crippen LogP contribution in [0.1, 0.15) is 25.3 Å². The molecular weight excluding hydrogens is 466 g/mol. The average molecular weight is 494 g/mol. The van der Waals surface area contributed by atoms with E-state index < -0.39 is 29.6 Å². The van der Waals surface area contributed by atoms with Crippen LogP contribution < -0.4 is 10.6 Å². The van der Waals surface area contributed by atoms with Crippen LogP contribution in [-0.4, -0.2) is 70.0 Å². The normalized spacial score (nSPS) is 33.5. The van der Waals surface area contributed by atoms with Gasteiger partial charge in [0.2, 0.25) is 17.7 Å². The van der Waals surface area contributed by atoms with E-state index in [-0.39, 0.29) is 35.7 Å². The molecule has 0 saturated carbocycles. The third-order valence-electron chi connectivity index (χ3n) is 6.54. The predicted molar refractivity (Wildman–Crippen MR) is 116 cm³/mol. The second-order valence-electron chi connectivity index (χ2n) is 8.41. The lowest BCUT2D eigenvalue weighted by Crippen LogP contribution is -2.56. The van der Waals surface area contributed by atoms with Gasteiger partial charge < -0.3 is 25.4 Å². The number of alkyl halides is 1. The number of nitrogens with zero attached hydrogens (tertiary/aromatic N) is 1. The van der Waals surface area contributed by atoms with Crippen LogP contribution in [0.5, 0.6) is 0 Å². The van der Waals surface area contributed by atoms with Gasteiger partial charge in [0.1, 0.15) is 11.6 Å². The fourth-order valence-electron chi connectivity index (χ4n) is 5.33. The molecule has 0 radical (unpaired) electrons. The molecule has 9 heteroatoms. The van der Waals surface area contributed by atoms with Crippen molar-refractivity contribution in [2.75, 3.05) is 19.7 Å². The zero-order chi connectivity index (χ0) is 22.2. The largest absolute Gasteiger partial charge is 0.395 e. The summed E-state index contributed by atoms with van der Waals surface area (Å²) in [7, 11) is 0. The van der Waals surface area contributed by atoms with Gasteiger partial charge in [-0.05, 0) is 18.4 Å². The molecule has 2 bridgehead atoms. The summed E-state index contributed by atoms with van der Waals surface area (Å²) in [5, 5.41) is 15.4. The number of amides is 3. The standard InChI is InChI=1S/C22H28BrN3O5/c1-2-8-24-19(28)15-16-21(30)26(9-10-27)18(22(16)11-14(23)17(15)31-22)20(29)25-12-13-6-4-3-5-7-13/h3-7,14-18,27H,2,8-12H2,1H3,(H,24,28)(H,25,29)/t14?,15-,16-,17-,18?,22?/m0/s1. The molecule has 3 aliphatic heterocycles. The van der Waals surface area contributed by atoms with Crippen molar-refractivity contribution in [3.05, 3.63) is 35.9 Å². The Hall–Kier alpha value is -1.97. The molecule has 0 aromatic heterocycles. The van der Waals surface area contributed by atoms with Crippen LogP contribution in [0.2, 0.25) is 0 Å². The highest BCUT2D eigenvalue weighted by Crippen LogP contribution is 2.59. The van der Waals surface area contributed by atoms with E-state index in [1.807, 2.05) is 37.3 Å². The van der Waals surface area contributed by atoms with Gasteiger partial charge in [-0.15, -0.1) is 0 Å². The van der Waals surface area contributed by atoms with Gasteiger partial charge in [-0.1, -0.05) is 53.2 Å². The zero-order valence-electron chi connectivity index (χ0n) is 17.4. The van der Waals surface area contributed by atoms with Gasteiger partial charge in [-0.2, -0.15) is 0 Å². The zero-order valence-corrected chi connectivity index (χ0v) is 19.0. The lowest BCUT2D eigenvalue weighted by Gasteiger charge is -2.34. The Morgan fingerprint density at radius 2 is 2.00 bits per heavy atom.